The maximum atomic E-state index is 6.05. The normalized spacial score (nSPS) is 15.8. The van der Waals surface area contributed by atoms with E-state index in [0.717, 1.165) is 35.3 Å². The van der Waals surface area contributed by atoms with Crippen LogP contribution in [0.1, 0.15) is 10.4 Å². The van der Waals surface area contributed by atoms with E-state index in [-0.39, 0.29) is 12.4 Å². The summed E-state index contributed by atoms with van der Waals surface area (Å²) in [7, 11) is 0. The third kappa shape index (κ3) is 2.31. The predicted octanol–water partition coefficient (Wildman–Crippen LogP) is 3.16. The van der Waals surface area contributed by atoms with Crippen LogP contribution in [0, 0.1) is 0 Å². The molecule has 0 fully saturated rings. The van der Waals surface area contributed by atoms with E-state index in [2.05, 4.69) is 5.32 Å². The molecule has 2 heterocycles. The van der Waals surface area contributed by atoms with Crippen molar-refractivity contribution in [2.45, 2.75) is 12.8 Å². The Labute approximate surface area is 97.8 Å². The first-order chi connectivity index (χ1) is 5.79. The number of hydrogen-bond acceptors (Lipinski definition) is 2. The Balaban J connectivity index is 0.000000845. The first kappa shape index (κ1) is 11.6. The molecule has 0 atom stereocenters. The average molecular weight is 259 g/mol. The van der Waals surface area contributed by atoms with E-state index < -0.39 is 0 Å². The highest BCUT2D eigenvalue weighted by molar-refractivity contribution is 7.17. The van der Waals surface area contributed by atoms with E-state index in [1.807, 2.05) is 0 Å². The van der Waals surface area contributed by atoms with E-state index in [4.69, 9.17) is 23.2 Å². The van der Waals surface area contributed by atoms with Crippen molar-refractivity contribution in [2.75, 3.05) is 13.1 Å². The highest BCUT2D eigenvalue weighted by Crippen LogP contribution is 2.37. The van der Waals surface area contributed by atoms with E-state index in [9.17, 15) is 0 Å². The highest BCUT2D eigenvalue weighted by Gasteiger charge is 2.16. The van der Waals surface area contributed by atoms with Gasteiger partial charge in [-0.05, 0) is 31.5 Å². The molecule has 1 nitrogen and oxygen atoms in total. The SMILES string of the molecule is Cl.Clc1sc2c(c1Cl)CCNCC2. The summed E-state index contributed by atoms with van der Waals surface area (Å²) in [6.07, 6.45) is 2.07. The van der Waals surface area contributed by atoms with Crippen molar-refractivity contribution in [3.63, 3.8) is 0 Å². The standard InChI is InChI=1S/C8H9Cl2NS.ClH/c9-7-5-1-3-11-4-2-6(5)12-8(7)10;/h11H,1-4H2;1H. The second kappa shape index (κ2) is 4.85. The third-order valence-electron chi connectivity index (χ3n) is 2.07. The van der Waals surface area contributed by atoms with Crippen molar-refractivity contribution in [1.82, 2.24) is 5.32 Å². The summed E-state index contributed by atoms with van der Waals surface area (Å²) in [5.41, 5.74) is 1.26. The van der Waals surface area contributed by atoms with Gasteiger partial charge in [-0.1, -0.05) is 23.2 Å². The fraction of sp³-hybridized carbons (Fsp3) is 0.500. The van der Waals surface area contributed by atoms with Crippen LogP contribution < -0.4 is 5.32 Å². The second-order valence-electron chi connectivity index (χ2n) is 2.84. The molecule has 1 aromatic rings. The minimum Gasteiger partial charge on any atom is -0.316 e. The summed E-state index contributed by atoms with van der Waals surface area (Å²) in [4.78, 5) is 1.36. The first-order valence-corrected chi connectivity index (χ1v) is 5.52. The number of hydrogen-bond donors (Lipinski definition) is 1. The Kier molecular flexibility index (Phi) is 4.33. The zero-order valence-electron chi connectivity index (χ0n) is 6.90. The maximum Gasteiger partial charge on any atom is 0.112 e. The van der Waals surface area contributed by atoms with Gasteiger partial charge in [0.05, 0.1) is 5.02 Å². The molecule has 0 aromatic carbocycles. The van der Waals surface area contributed by atoms with Crippen LogP contribution in [0.5, 0.6) is 0 Å². The van der Waals surface area contributed by atoms with Crippen molar-refractivity contribution in [1.29, 1.82) is 0 Å². The topological polar surface area (TPSA) is 12.0 Å². The zero-order chi connectivity index (χ0) is 8.55. The summed E-state index contributed by atoms with van der Waals surface area (Å²) >= 11 is 13.6. The third-order valence-corrected chi connectivity index (χ3v) is 4.19. The fourth-order valence-corrected chi connectivity index (χ4v) is 3.18. The average Bonchev–Trinajstić information content (AvgIpc) is 2.30. The highest BCUT2D eigenvalue weighted by atomic mass is 35.5. The Morgan fingerprint density at radius 3 is 2.62 bits per heavy atom. The van der Waals surface area contributed by atoms with Crippen LogP contribution in [0.4, 0.5) is 0 Å². The van der Waals surface area contributed by atoms with Crippen LogP contribution in [0.25, 0.3) is 0 Å². The lowest BCUT2D eigenvalue weighted by atomic mass is 10.2. The minimum atomic E-state index is 0. The fourth-order valence-electron chi connectivity index (χ4n) is 1.45. The number of halogens is 3. The van der Waals surface area contributed by atoms with Crippen molar-refractivity contribution in [3.8, 4) is 0 Å². The van der Waals surface area contributed by atoms with Gasteiger partial charge in [-0.2, -0.15) is 0 Å². The lowest BCUT2D eigenvalue weighted by Crippen LogP contribution is -2.16. The molecule has 5 heteroatoms. The summed E-state index contributed by atoms with van der Waals surface area (Å²) in [5, 5.41) is 4.11. The summed E-state index contributed by atoms with van der Waals surface area (Å²) in [5.74, 6) is 0. The number of rotatable bonds is 0. The molecule has 0 amide bonds. The second-order valence-corrected chi connectivity index (χ2v) is 4.93. The minimum absolute atomic E-state index is 0. The molecule has 74 valence electrons. The summed E-state index contributed by atoms with van der Waals surface area (Å²) in [6, 6.07) is 0. The number of fused-ring (bicyclic) bond motifs is 1. The van der Waals surface area contributed by atoms with Gasteiger partial charge in [0.1, 0.15) is 4.34 Å². The molecule has 1 aliphatic rings. The van der Waals surface area contributed by atoms with E-state index in [1.165, 1.54) is 10.4 Å². The summed E-state index contributed by atoms with van der Waals surface area (Å²) in [6.45, 7) is 2.06. The van der Waals surface area contributed by atoms with Gasteiger partial charge in [-0.3, -0.25) is 0 Å². The van der Waals surface area contributed by atoms with E-state index in [0.29, 0.717) is 0 Å². The Morgan fingerprint density at radius 2 is 1.85 bits per heavy atom. The Morgan fingerprint density at radius 1 is 1.15 bits per heavy atom. The zero-order valence-corrected chi connectivity index (χ0v) is 10.0. The smallest absolute Gasteiger partial charge is 0.112 e. The quantitative estimate of drug-likeness (QED) is 0.754. The lowest BCUT2D eigenvalue weighted by Gasteiger charge is -1.96. The molecule has 0 spiro atoms. The predicted molar refractivity (Wildman–Crippen MR) is 61.9 cm³/mol. The molecule has 2 rings (SSSR count). The largest absolute Gasteiger partial charge is 0.316 e. The van der Waals surface area contributed by atoms with Gasteiger partial charge in [-0.25, -0.2) is 0 Å². The van der Waals surface area contributed by atoms with Gasteiger partial charge in [-0.15, -0.1) is 23.7 Å². The molecule has 0 saturated carbocycles. The van der Waals surface area contributed by atoms with Crippen molar-refractivity contribution in [3.05, 3.63) is 19.8 Å². The van der Waals surface area contributed by atoms with Crippen LogP contribution in [0.3, 0.4) is 0 Å². The van der Waals surface area contributed by atoms with Crippen LogP contribution in [0.2, 0.25) is 9.36 Å². The first-order valence-electron chi connectivity index (χ1n) is 3.95. The van der Waals surface area contributed by atoms with E-state index in [1.54, 1.807) is 11.3 Å². The molecule has 0 aliphatic carbocycles. The van der Waals surface area contributed by atoms with Gasteiger partial charge < -0.3 is 5.32 Å². The van der Waals surface area contributed by atoms with Crippen molar-refractivity contribution < 1.29 is 0 Å². The van der Waals surface area contributed by atoms with Crippen molar-refractivity contribution in [2.24, 2.45) is 0 Å². The molecule has 13 heavy (non-hydrogen) atoms. The van der Waals surface area contributed by atoms with Crippen LogP contribution in [-0.2, 0) is 12.8 Å². The van der Waals surface area contributed by atoms with Gasteiger partial charge in [0.15, 0.2) is 0 Å². The number of thiophene rings is 1. The van der Waals surface area contributed by atoms with Crippen LogP contribution in [-0.4, -0.2) is 13.1 Å². The van der Waals surface area contributed by atoms with Gasteiger partial charge in [0.2, 0.25) is 0 Å². The Hall–Kier alpha value is 0.530. The molecule has 0 bridgehead atoms. The number of nitrogens with one attached hydrogen (secondary N) is 1. The molecule has 1 aromatic heterocycles. The molecule has 0 saturated heterocycles. The molecular formula is C8H10Cl3NS. The van der Waals surface area contributed by atoms with Gasteiger partial charge >= 0.3 is 0 Å². The molecular weight excluding hydrogens is 249 g/mol. The van der Waals surface area contributed by atoms with E-state index >= 15 is 0 Å². The molecule has 1 N–H and O–H groups in total. The molecule has 0 radical (unpaired) electrons. The molecule has 1 aliphatic heterocycles. The summed E-state index contributed by atoms with van der Waals surface area (Å²) < 4.78 is 0.753. The van der Waals surface area contributed by atoms with Crippen LogP contribution in [0.15, 0.2) is 0 Å². The molecule has 0 unspecified atom stereocenters. The lowest BCUT2D eigenvalue weighted by molar-refractivity contribution is 0.712. The van der Waals surface area contributed by atoms with Crippen molar-refractivity contribution >= 4 is 46.9 Å². The monoisotopic (exact) mass is 257 g/mol. The maximum absolute atomic E-state index is 6.05. The van der Waals surface area contributed by atoms with Crippen LogP contribution >= 0.6 is 46.9 Å². The van der Waals surface area contributed by atoms with Gasteiger partial charge in [0.25, 0.3) is 0 Å². The Bertz CT molecular complexity index is 298. The van der Waals surface area contributed by atoms with Gasteiger partial charge in [0, 0.05) is 4.88 Å².